The second-order valence-corrected chi connectivity index (χ2v) is 7.90. The van der Waals surface area contributed by atoms with Gasteiger partial charge in [-0.05, 0) is 42.0 Å². The highest BCUT2D eigenvalue weighted by molar-refractivity contribution is 5.89. The molecule has 4 heteroatoms. The van der Waals surface area contributed by atoms with Crippen molar-refractivity contribution in [3.63, 3.8) is 0 Å². The lowest BCUT2D eigenvalue weighted by atomic mass is 9.89. The van der Waals surface area contributed by atoms with Gasteiger partial charge in [0.15, 0.2) is 0 Å². The van der Waals surface area contributed by atoms with Crippen LogP contribution < -0.4 is 0 Å². The Morgan fingerprint density at radius 2 is 1.75 bits per heavy atom. The van der Waals surface area contributed by atoms with Crippen LogP contribution in [0.1, 0.15) is 29.9 Å². The average molecular weight is 371 g/mol. The third-order valence-electron chi connectivity index (χ3n) is 6.23. The fraction of sp³-hybridized carbons (Fsp3) is 0.292. The summed E-state index contributed by atoms with van der Waals surface area (Å²) >= 11 is 0. The first-order chi connectivity index (χ1) is 13.7. The van der Waals surface area contributed by atoms with Crippen LogP contribution >= 0.6 is 0 Å². The standard InChI is InChI=1S/C24H25N3O/c1-26-16-21(20-7-3-5-9-23(20)26)17-10-12-27(13-11-17)24(28)14-18-15-25-22-8-4-2-6-19(18)22/h2-9,15-17,25H,10-14H2,1H3. The number of aromatic nitrogens is 2. The third-order valence-corrected chi connectivity index (χ3v) is 6.23. The number of aromatic amines is 1. The largest absolute Gasteiger partial charge is 0.361 e. The van der Waals surface area contributed by atoms with Gasteiger partial charge in [-0.25, -0.2) is 0 Å². The molecule has 0 atom stereocenters. The van der Waals surface area contributed by atoms with Gasteiger partial charge in [0.1, 0.15) is 0 Å². The maximum Gasteiger partial charge on any atom is 0.227 e. The number of aryl methyl sites for hydroxylation is 1. The van der Waals surface area contributed by atoms with Crippen molar-refractivity contribution in [1.29, 1.82) is 0 Å². The highest BCUT2D eigenvalue weighted by Crippen LogP contribution is 2.34. The SMILES string of the molecule is Cn1cc(C2CCN(C(=O)Cc3c[nH]c4ccccc34)CC2)c2ccccc21. The van der Waals surface area contributed by atoms with Gasteiger partial charge in [0.05, 0.1) is 6.42 Å². The average Bonchev–Trinajstić information content (AvgIpc) is 3.30. The Morgan fingerprint density at radius 3 is 2.57 bits per heavy atom. The Hall–Kier alpha value is -3.01. The normalized spacial score (nSPS) is 15.5. The summed E-state index contributed by atoms with van der Waals surface area (Å²) in [5.41, 5.74) is 4.91. The highest BCUT2D eigenvalue weighted by atomic mass is 16.2. The Kier molecular flexibility index (Phi) is 4.19. The molecule has 0 saturated carbocycles. The molecule has 0 bridgehead atoms. The molecule has 142 valence electrons. The van der Waals surface area contributed by atoms with E-state index >= 15 is 0 Å². The zero-order chi connectivity index (χ0) is 19.1. The molecule has 1 N–H and O–H groups in total. The number of piperidine rings is 1. The predicted octanol–water partition coefficient (Wildman–Crippen LogP) is 4.61. The van der Waals surface area contributed by atoms with E-state index in [4.69, 9.17) is 0 Å². The zero-order valence-corrected chi connectivity index (χ0v) is 16.2. The summed E-state index contributed by atoms with van der Waals surface area (Å²) in [5, 5.41) is 2.51. The summed E-state index contributed by atoms with van der Waals surface area (Å²) in [7, 11) is 2.12. The topological polar surface area (TPSA) is 41.0 Å². The number of rotatable bonds is 3. The Balaban J connectivity index is 1.28. The molecule has 5 rings (SSSR count). The first-order valence-corrected chi connectivity index (χ1v) is 10.1. The number of H-pyrrole nitrogens is 1. The van der Waals surface area contributed by atoms with Gasteiger partial charge in [-0.1, -0.05) is 36.4 Å². The van der Waals surface area contributed by atoms with E-state index in [9.17, 15) is 4.79 Å². The minimum atomic E-state index is 0.237. The van der Waals surface area contributed by atoms with Gasteiger partial charge in [-0.2, -0.15) is 0 Å². The number of para-hydroxylation sites is 2. The molecule has 2 aromatic carbocycles. The monoisotopic (exact) mass is 371 g/mol. The maximum absolute atomic E-state index is 12.9. The lowest BCUT2D eigenvalue weighted by Gasteiger charge is -2.32. The fourth-order valence-corrected chi connectivity index (χ4v) is 4.69. The number of nitrogens with one attached hydrogen (secondary N) is 1. The van der Waals surface area contributed by atoms with E-state index < -0.39 is 0 Å². The molecular formula is C24H25N3O. The summed E-state index contributed by atoms with van der Waals surface area (Å²) in [4.78, 5) is 18.2. The molecule has 0 aliphatic carbocycles. The summed E-state index contributed by atoms with van der Waals surface area (Å²) < 4.78 is 2.22. The van der Waals surface area contributed by atoms with Crippen molar-refractivity contribution < 1.29 is 4.79 Å². The van der Waals surface area contributed by atoms with Crippen molar-refractivity contribution >= 4 is 27.7 Å². The molecule has 4 aromatic rings. The third kappa shape index (κ3) is 2.89. The van der Waals surface area contributed by atoms with E-state index in [1.165, 1.54) is 16.5 Å². The van der Waals surface area contributed by atoms with Crippen molar-refractivity contribution in [2.45, 2.75) is 25.2 Å². The van der Waals surface area contributed by atoms with E-state index in [1.807, 2.05) is 23.2 Å². The Labute approximate surface area is 164 Å². The van der Waals surface area contributed by atoms with Crippen molar-refractivity contribution in [1.82, 2.24) is 14.5 Å². The molecule has 1 amide bonds. The van der Waals surface area contributed by atoms with Crippen LogP contribution in [-0.4, -0.2) is 33.4 Å². The van der Waals surface area contributed by atoms with E-state index in [0.29, 0.717) is 12.3 Å². The van der Waals surface area contributed by atoms with Crippen molar-refractivity contribution in [2.75, 3.05) is 13.1 Å². The molecule has 1 fully saturated rings. The quantitative estimate of drug-likeness (QED) is 0.561. The summed E-state index contributed by atoms with van der Waals surface area (Å²) in [6, 6.07) is 16.8. The Bertz CT molecular complexity index is 1150. The first-order valence-electron chi connectivity index (χ1n) is 10.1. The van der Waals surface area contributed by atoms with Gasteiger partial charge in [0, 0.05) is 54.3 Å². The molecule has 1 saturated heterocycles. The minimum absolute atomic E-state index is 0.237. The number of benzene rings is 2. The van der Waals surface area contributed by atoms with Crippen LogP contribution in [0.3, 0.4) is 0 Å². The summed E-state index contributed by atoms with van der Waals surface area (Å²) in [6.45, 7) is 1.68. The van der Waals surface area contributed by atoms with E-state index in [1.54, 1.807) is 0 Å². The molecule has 0 unspecified atom stereocenters. The minimum Gasteiger partial charge on any atom is -0.361 e. The number of carbonyl (C=O) groups is 1. The van der Waals surface area contributed by atoms with Gasteiger partial charge in [-0.3, -0.25) is 4.79 Å². The van der Waals surface area contributed by atoms with Crippen LogP contribution in [0, 0.1) is 0 Å². The van der Waals surface area contributed by atoms with Crippen LogP contribution in [0.2, 0.25) is 0 Å². The van der Waals surface area contributed by atoms with Crippen molar-refractivity contribution in [3.8, 4) is 0 Å². The number of amides is 1. The number of nitrogens with zero attached hydrogens (tertiary/aromatic N) is 2. The van der Waals surface area contributed by atoms with E-state index in [-0.39, 0.29) is 5.91 Å². The fourth-order valence-electron chi connectivity index (χ4n) is 4.69. The lowest BCUT2D eigenvalue weighted by molar-refractivity contribution is -0.131. The lowest BCUT2D eigenvalue weighted by Crippen LogP contribution is -2.38. The van der Waals surface area contributed by atoms with Gasteiger partial charge < -0.3 is 14.5 Å². The number of hydrogen-bond donors (Lipinski definition) is 1. The molecule has 28 heavy (non-hydrogen) atoms. The predicted molar refractivity (Wildman–Crippen MR) is 113 cm³/mol. The molecule has 0 radical (unpaired) electrons. The summed E-state index contributed by atoms with van der Waals surface area (Å²) in [6.07, 6.45) is 6.80. The number of fused-ring (bicyclic) bond motifs is 2. The second-order valence-electron chi connectivity index (χ2n) is 7.90. The van der Waals surface area contributed by atoms with Gasteiger partial charge in [0.2, 0.25) is 5.91 Å². The van der Waals surface area contributed by atoms with Crippen LogP contribution in [0.4, 0.5) is 0 Å². The van der Waals surface area contributed by atoms with E-state index in [2.05, 4.69) is 59.2 Å². The molecule has 2 aromatic heterocycles. The van der Waals surface area contributed by atoms with Crippen molar-refractivity contribution in [2.24, 2.45) is 7.05 Å². The highest BCUT2D eigenvalue weighted by Gasteiger charge is 2.26. The molecule has 0 spiro atoms. The molecular weight excluding hydrogens is 346 g/mol. The second kappa shape index (κ2) is 6.86. The van der Waals surface area contributed by atoms with Crippen LogP contribution in [0.15, 0.2) is 60.9 Å². The van der Waals surface area contributed by atoms with Crippen LogP contribution in [-0.2, 0) is 18.3 Å². The Morgan fingerprint density at radius 1 is 1.04 bits per heavy atom. The summed E-state index contributed by atoms with van der Waals surface area (Å²) in [5.74, 6) is 0.768. The van der Waals surface area contributed by atoms with Crippen LogP contribution in [0.25, 0.3) is 21.8 Å². The van der Waals surface area contributed by atoms with Gasteiger partial charge in [-0.15, -0.1) is 0 Å². The van der Waals surface area contributed by atoms with Crippen molar-refractivity contribution in [3.05, 3.63) is 72.1 Å². The van der Waals surface area contributed by atoms with Crippen LogP contribution in [0.5, 0.6) is 0 Å². The molecule has 3 heterocycles. The number of likely N-dealkylation sites (tertiary alicyclic amines) is 1. The van der Waals surface area contributed by atoms with E-state index in [0.717, 1.165) is 42.4 Å². The zero-order valence-electron chi connectivity index (χ0n) is 16.2. The van der Waals surface area contributed by atoms with Gasteiger partial charge in [0.25, 0.3) is 0 Å². The number of carbonyl (C=O) groups excluding carboxylic acids is 1. The molecule has 4 nitrogen and oxygen atoms in total. The molecule has 1 aliphatic heterocycles. The first kappa shape index (κ1) is 17.1. The smallest absolute Gasteiger partial charge is 0.227 e. The molecule has 1 aliphatic rings. The maximum atomic E-state index is 12.9. The number of hydrogen-bond acceptors (Lipinski definition) is 1. The van der Waals surface area contributed by atoms with Gasteiger partial charge >= 0.3 is 0 Å².